The first kappa shape index (κ1) is 51.5. The van der Waals surface area contributed by atoms with Gasteiger partial charge in [-0.25, -0.2) is 9.97 Å². The van der Waals surface area contributed by atoms with E-state index in [1.54, 1.807) is 61.1 Å². The van der Waals surface area contributed by atoms with Gasteiger partial charge in [-0.3, -0.25) is 24.5 Å². The highest BCUT2D eigenvalue weighted by atomic mass is 32.1. The van der Waals surface area contributed by atoms with Gasteiger partial charge in [0, 0.05) is 50.2 Å². The second-order valence-corrected chi connectivity index (χ2v) is 18.5. The Bertz CT molecular complexity index is 3050. The zero-order valence-electron chi connectivity index (χ0n) is 39.9. The highest BCUT2D eigenvalue weighted by Crippen LogP contribution is 2.28. The van der Waals surface area contributed by atoms with E-state index < -0.39 is 6.04 Å². The molecule has 0 aliphatic heterocycles. The summed E-state index contributed by atoms with van der Waals surface area (Å²) in [5, 5.41) is 24.1. The Kier molecular flexibility index (Phi) is 18.2. The lowest BCUT2D eigenvalue weighted by Gasteiger charge is -2.12. The summed E-state index contributed by atoms with van der Waals surface area (Å²) < 4.78 is 37.7. The van der Waals surface area contributed by atoms with E-state index in [2.05, 4.69) is 45.6 Å². The van der Waals surface area contributed by atoms with Crippen molar-refractivity contribution in [2.75, 3.05) is 64.7 Å². The summed E-state index contributed by atoms with van der Waals surface area (Å²) in [7, 11) is 0. The molecule has 0 saturated carbocycles. The molecule has 0 aliphatic carbocycles. The molecule has 1 atom stereocenters. The van der Waals surface area contributed by atoms with Crippen LogP contribution in [-0.4, -0.2) is 128 Å². The summed E-state index contributed by atoms with van der Waals surface area (Å²) in [5.41, 5.74) is 10.3. The molecule has 0 unspecified atom stereocenters. The number of furan rings is 2. The molecule has 0 saturated heterocycles. The molecule has 21 nitrogen and oxygen atoms in total. The van der Waals surface area contributed by atoms with Crippen molar-refractivity contribution in [3.05, 3.63) is 101 Å². The fourth-order valence-electron chi connectivity index (χ4n) is 7.66. The van der Waals surface area contributed by atoms with Gasteiger partial charge in [0.05, 0.1) is 93.3 Å². The van der Waals surface area contributed by atoms with Gasteiger partial charge in [0.2, 0.25) is 11.0 Å². The molecule has 6 heterocycles. The van der Waals surface area contributed by atoms with Crippen LogP contribution in [0.5, 0.6) is 0 Å². The summed E-state index contributed by atoms with van der Waals surface area (Å²) in [6.07, 6.45) is 4.61. The number of ketones is 2. The molecule has 0 spiro atoms. The van der Waals surface area contributed by atoms with E-state index in [-0.39, 0.29) is 55.8 Å². The molecule has 8 rings (SSSR count). The van der Waals surface area contributed by atoms with Crippen LogP contribution in [0.15, 0.2) is 82.0 Å². The third-order valence-electron chi connectivity index (χ3n) is 11.4. The van der Waals surface area contributed by atoms with Crippen LogP contribution in [0.25, 0.3) is 43.6 Å². The van der Waals surface area contributed by atoms with E-state index in [9.17, 15) is 19.2 Å². The summed E-state index contributed by atoms with van der Waals surface area (Å²) in [5.74, 6) is 2.11. The van der Waals surface area contributed by atoms with Gasteiger partial charge in [0.1, 0.15) is 22.4 Å². The van der Waals surface area contributed by atoms with Crippen molar-refractivity contribution < 1.29 is 47.0 Å². The van der Waals surface area contributed by atoms with Gasteiger partial charge < -0.3 is 48.0 Å². The molecule has 0 radical (unpaired) electrons. The third-order valence-corrected chi connectivity index (χ3v) is 13.2. The first-order valence-electron chi connectivity index (χ1n) is 23.5. The van der Waals surface area contributed by atoms with E-state index in [1.807, 2.05) is 30.5 Å². The average Bonchev–Trinajstić information content (AvgIpc) is 4.25. The number of fused-ring (bicyclic) bond motifs is 2. The number of hydrogen-bond acceptors (Lipinski definition) is 19. The molecule has 378 valence electrons. The molecular weight excluding hydrogens is 967 g/mol. The van der Waals surface area contributed by atoms with Crippen LogP contribution >= 0.6 is 22.7 Å². The number of nitrogens with two attached hydrogens (primary N) is 1. The Morgan fingerprint density at radius 3 is 1.90 bits per heavy atom. The highest BCUT2D eigenvalue weighted by molar-refractivity contribution is 7.18. The van der Waals surface area contributed by atoms with E-state index in [4.69, 9.17) is 33.5 Å². The van der Waals surface area contributed by atoms with E-state index in [1.165, 1.54) is 22.7 Å². The smallest absolute Gasteiger partial charge is 0.257 e. The third kappa shape index (κ3) is 14.0. The van der Waals surface area contributed by atoms with Gasteiger partial charge in [-0.15, -0.1) is 20.4 Å². The first-order chi connectivity index (χ1) is 35.1. The Labute approximate surface area is 421 Å². The molecule has 23 heteroatoms. The number of imidazole rings is 2. The van der Waals surface area contributed by atoms with Crippen molar-refractivity contribution in [1.82, 2.24) is 44.8 Å². The van der Waals surface area contributed by atoms with Crippen LogP contribution in [0.2, 0.25) is 0 Å². The van der Waals surface area contributed by atoms with Crippen molar-refractivity contribution in [1.29, 1.82) is 0 Å². The minimum Gasteiger partial charge on any atom is -0.462 e. The maximum absolute atomic E-state index is 13.0. The fourth-order valence-corrected chi connectivity index (χ4v) is 9.18. The van der Waals surface area contributed by atoms with Crippen LogP contribution in [0.1, 0.15) is 63.1 Å². The molecule has 0 bridgehead atoms. The normalized spacial score (nSPS) is 12.0. The maximum Gasteiger partial charge on any atom is 0.257 e. The molecule has 0 fully saturated rings. The van der Waals surface area contributed by atoms with Gasteiger partial charge >= 0.3 is 0 Å². The number of carbonyl (C=O) groups excluding carboxylic acids is 4. The monoisotopic (exact) mass is 1020 g/mol. The number of benzene rings is 2. The number of carbonyl (C=O) groups is 4. The second kappa shape index (κ2) is 25.5. The first-order valence-corrected chi connectivity index (χ1v) is 25.1. The topological polar surface area (TPSA) is 269 Å². The minimum absolute atomic E-state index is 0.0228. The van der Waals surface area contributed by atoms with Crippen molar-refractivity contribution in [3.63, 3.8) is 0 Å². The summed E-state index contributed by atoms with van der Waals surface area (Å²) in [6, 6.07) is 17.2. The zero-order valence-corrected chi connectivity index (χ0v) is 41.5. The Morgan fingerprint density at radius 2 is 1.26 bits per heavy atom. The Morgan fingerprint density at radius 1 is 0.681 bits per heavy atom. The van der Waals surface area contributed by atoms with Gasteiger partial charge in [-0.2, -0.15) is 0 Å². The van der Waals surface area contributed by atoms with Crippen LogP contribution in [0.4, 0.5) is 5.13 Å². The standard InChI is InChI=1S/C49H55N11O10S2/c1-31-52-37-28-33(41(62)30-44-55-56-47(71-44)42-7-4-19-69-42)9-13-39(37)59(31)16-22-67-26-24-65-18-3-6-35(61)11-12-36(50)46(64)51-15-21-66-25-27-68-23-17-60-32(2)53-38-29-34(10-14-40(38)60)45(63)54-49-58-57-48(72-49)43-8-5-20-70-43/h4-5,7-10,13-14,19-20,28-29,36H,3,6,11-12,15-18,21-27,30,50H2,1-2H3,(H,51,64)(H,54,58,63)/t36-/m0/s1. The number of anilines is 1. The van der Waals surface area contributed by atoms with Gasteiger partial charge in [0.15, 0.2) is 27.3 Å². The van der Waals surface area contributed by atoms with E-state index >= 15 is 0 Å². The molecule has 2 amide bonds. The number of nitrogens with one attached hydrogen (secondary N) is 2. The van der Waals surface area contributed by atoms with Crippen molar-refractivity contribution in [2.24, 2.45) is 5.73 Å². The quantitative estimate of drug-likeness (QED) is 0.0332. The lowest BCUT2D eigenvalue weighted by atomic mass is 10.1. The number of Topliss-reactive ketones (excluding diaryl/α,β-unsaturated/α-hetero) is 2. The molecule has 2 aromatic carbocycles. The molecule has 6 aromatic heterocycles. The minimum atomic E-state index is -0.800. The van der Waals surface area contributed by atoms with Crippen LogP contribution < -0.4 is 16.4 Å². The Balaban J connectivity index is 0.613. The number of hydrogen-bond donors (Lipinski definition) is 3. The Hall–Kier alpha value is -6.86. The van der Waals surface area contributed by atoms with Gasteiger partial charge in [-0.1, -0.05) is 22.7 Å². The lowest BCUT2D eigenvalue weighted by Crippen LogP contribution is -2.42. The lowest BCUT2D eigenvalue weighted by molar-refractivity contribution is -0.123. The summed E-state index contributed by atoms with van der Waals surface area (Å²) in [6.45, 7) is 8.31. The largest absolute Gasteiger partial charge is 0.462 e. The second-order valence-electron chi connectivity index (χ2n) is 16.5. The summed E-state index contributed by atoms with van der Waals surface area (Å²) in [4.78, 5) is 60.2. The maximum atomic E-state index is 13.0. The highest BCUT2D eigenvalue weighted by Gasteiger charge is 2.19. The fraction of sp³-hybridized carbons (Fsp3) is 0.388. The predicted molar refractivity (Wildman–Crippen MR) is 268 cm³/mol. The van der Waals surface area contributed by atoms with Gasteiger partial charge in [0.25, 0.3) is 5.91 Å². The molecule has 4 N–H and O–H groups in total. The predicted octanol–water partition coefficient (Wildman–Crippen LogP) is 6.24. The van der Waals surface area contributed by atoms with Crippen molar-refractivity contribution in [3.8, 4) is 21.5 Å². The molecule has 72 heavy (non-hydrogen) atoms. The van der Waals surface area contributed by atoms with Gasteiger partial charge in [-0.05, 0) is 87.4 Å². The van der Waals surface area contributed by atoms with E-state index in [0.29, 0.717) is 120 Å². The number of aryl methyl sites for hydroxylation is 2. The number of nitrogens with zero attached hydrogens (tertiary/aromatic N) is 8. The zero-order chi connectivity index (χ0) is 50.2. The number of rotatable bonds is 30. The van der Waals surface area contributed by atoms with Crippen molar-refractivity contribution in [2.45, 2.75) is 65.1 Å². The molecule has 8 aromatic rings. The van der Waals surface area contributed by atoms with Crippen molar-refractivity contribution >= 4 is 73.3 Å². The molecular formula is C49H55N11O10S2. The molecule has 0 aliphatic rings. The van der Waals surface area contributed by atoms with Crippen LogP contribution in [0.3, 0.4) is 0 Å². The SMILES string of the molecule is Cc1nc2cc(C(=O)Cc3nnc(-c4ccco4)s3)ccc2n1CCOCCOCCCC(=O)CC[C@H](N)C(=O)NCCOCCOCCn1c(C)nc2cc(C(=O)Nc3nnc(-c4ccco4)s3)ccc21. The average molecular weight is 1020 g/mol. The number of amides is 2. The summed E-state index contributed by atoms with van der Waals surface area (Å²) >= 11 is 2.55. The number of aromatic nitrogens is 8. The van der Waals surface area contributed by atoms with Crippen LogP contribution in [0, 0.1) is 13.8 Å². The number of ether oxygens (including phenoxy) is 4. The van der Waals surface area contributed by atoms with Crippen LogP contribution in [-0.2, 0) is 48.0 Å². The van der Waals surface area contributed by atoms with E-state index in [0.717, 1.165) is 28.2 Å².